The van der Waals surface area contributed by atoms with Crippen molar-refractivity contribution < 1.29 is 15.0 Å². The summed E-state index contributed by atoms with van der Waals surface area (Å²) in [5, 5.41) is 20.7. The Morgan fingerprint density at radius 1 is 1.47 bits per heavy atom. The van der Waals surface area contributed by atoms with Gasteiger partial charge in [-0.3, -0.25) is 0 Å². The lowest BCUT2D eigenvalue weighted by Gasteiger charge is -2.18. The minimum atomic E-state index is -0.932. The number of carbonyl (C=O) groups is 1. The van der Waals surface area contributed by atoms with E-state index >= 15 is 0 Å². The lowest BCUT2D eigenvalue weighted by atomic mass is 10.0. The minimum absolute atomic E-state index is 0.0437. The Balaban J connectivity index is 3.95. The molecule has 0 aliphatic rings. The van der Waals surface area contributed by atoms with Gasteiger partial charge in [0.1, 0.15) is 0 Å². The van der Waals surface area contributed by atoms with Crippen LogP contribution in [0.3, 0.4) is 0 Å². The molecule has 0 heterocycles. The van der Waals surface area contributed by atoms with Crippen LogP contribution in [-0.2, 0) is 4.79 Å². The third kappa shape index (κ3) is 8.15. The van der Waals surface area contributed by atoms with Crippen LogP contribution in [0, 0.1) is 5.92 Å². The molecule has 3 N–H and O–H groups in total. The Morgan fingerprint density at radius 2 is 2.07 bits per heavy atom. The zero-order valence-corrected chi connectivity index (χ0v) is 9.66. The fourth-order valence-electron chi connectivity index (χ4n) is 1.36. The average Bonchev–Trinajstić information content (AvgIpc) is 2.10. The van der Waals surface area contributed by atoms with Crippen molar-refractivity contribution in [3.8, 4) is 0 Å². The normalized spacial score (nSPS) is 14.3. The van der Waals surface area contributed by atoms with Crippen LogP contribution < -0.4 is 5.32 Å². The van der Waals surface area contributed by atoms with Crippen molar-refractivity contribution in [2.45, 2.75) is 33.2 Å². The summed E-state index contributed by atoms with van der Waals surface area (Å²) in [5.74, 6) is -0.419. The van der Waals surface area contributed by atoms with E-state index in [4.69, 9.17) is 10.2 Å². The van der Waals surface area contributed by atoms with Gasteiger partial charge in [0.25, 0.3) is 0 Å². The van der Waals surface area contributed by atoms with E-state index in [9.17, 15) is 4.79 Å². The zero-order chi connectivity index (χ0) is 11.8. The van der Waals surface area contributed by atoms with Crippen LogP contribution in [-0.4, -0.2) is 35.4 Å². The summed E-state index contributed by atoms with van der Waals surface area (Å²) in [4.78, 5) is 10.3. The van der Waals surface area contributed by atoms with E-state index in [-0.39, 0.29) is 12.6 Å². The van der Waals surface area contributed by atoms with Crippen LogP contribution >= 0.6 is 0 Å². The SMILES string of the molecule is CC(=CC(=O)O)CNC(CO)CC(C)C. The molecule has 1 unspecified atom stereocenters. The van der Waals surface area contributed by atoms with Gasteiger partial charge < -0.3 is 15.5 Å². The van der Waals surface area contributed by atoms with Crippen LogP contribution in [0.2, 0.25) is 0 Å². The van der Waals surface area contributed by atoms with E-state index in [1.165, 1.54) is 6.08 Å². The Morgan fingerprint density at radius 3 is 2.47 bits per heavy atom. The average molecular weight is 215 g/mol. The molecule has 0 saturated carbocycles. The highest BCUT2D eigenvalue weighted by Gasteiger charge is 2.08. The molecule has 0 aliphatic carbocycles. The Hall–Kier alpha value is -0.870. The van der Waals surface area contributed by atoms with Gasteiger partial charge in [-0.2, -0.15) is 0 Å². The van der Waals surface area contributed by atoms with Gasteiger partial charge in [-0.1, -0.05) is 19.4 Å². The summed E-state index contributed by atoms with van der Waals surface area (Å²) in [6.45, 7) is 6.52. The number of carboxylic acid groups (broad SMARTS) is 1. The Kier molecular flexibility index (Phi) is 6.99. The van der Waals surface area contributed by atoms with Crippen molar-refractivity contribution >= 4 is 5.97 Å². The van der Waals surface area contributed by atoms with Gasteiger partial charge in [-0.05, 0) is 19.3 Å². The van der Waals surface area contributed by atoms with Crippen LogP contribution in [0.25, 0.3) is 0 Å². The number of nitrogens with one attached hydrogen (secondary N) is 1. The van der Waals surface area contributed by atoms with Crippen molar-refractivity contribution in [2.24, 2.45) is 5.92 Å². The molecule has 4 nitrogen and oxygen atoms in total. The maximum absolute atomic E-state index is 10.3. The lowest BCUT2D eigenvalue weighted by molar-refractivity contribution is -0.131. The van der Waals surface area contributed by atoms with Gasteiger partial charge in [-0.25, -0.2) is 4.79 Å². The molecule has 0 bridgehead atoms. The second-order valence-corrected chi connectivity index (χ2v) is 4.22. The monoisotopic (exact) mass is 215 g/mol. The third-order valence-electron chi connectivity index (χ3n) is 2.02. The molecular formula is C11H21NO3. The highest BCUT2D eigenvalue weighted by Crippen LogP contribution is 2.04. The fourth-order valence-corrected chi connectivity index (χ4v) is 1.36. The predicted octanol–water partition coefficient (Wildman–Crippen LogP) is 1.01. The summed E-state index contributed by atoms with van der Waals surface area (Å²) in [7, 11) is 0. The van der Waals surface area contributed by atoms with Crippen molar-refractivity contribution in [2.75, 3.05) is 13.2 Å². The molecule has 0 radical (unpaired) electrons. The molecule has 0 aromatic carbocycles. The largest absolute Gasteiger partial charge is 0.478 e. The van der Waals surface area contributed by atoms with Gasteiger partial charge in [0.05, 0.1) is 6.61 Å². The van der Waals surface area contributed by atoms with Crippen LogP contribution in [0.1, 0.15) is 27.2 Å². The standard InChI is InChI=1S/C11H21NO3/c1-8(2)4-10(7-13)12-6-9(3)5-11(14)15/h5,8,10,12-13H,4,6-7H2,1-3H3,(H,14,15). The Labute approximate surface area is 91.0 Å². The number of hydrogen-bond donors (Lipinski definition) is 3. The van der Waals surface area contributed by atoms with Crippen molar-refractivity contribution in [3.63, 3.8) is 0 Å². The summed E-state index contributed by atoms with van der Waals surface area (Å²) in [5.41, 5.74) is 0.754. The van der Waals surface area contributed by atoms with E-state index < -0.39 is 5.97 Å². The van der Waals surface area contributed by atoms with E-state index in [0.717, 1.165) is 12.0 Å². The first kappa shape index (κ1) is 14.1. The fraction of sp³-hybridized carbons (Fsp3) is 0.727. The smallest absolute Gasteiger partial charge is 0.328 e. The maximum atomic E-state index is 10.3. The number of rotatable bonds is 7. The number of carboxylic acids is 1. The van der Waals surface area contributed by atoms with E-state index in [0.29, 0.717) is 12.5 Å². The van der Waals surface area contributed by atoms with E-state index in [1.54, 1.807) is 6.92 Å². The van der Waals surface area contributed by atoms with Crippen molar-refractivity contribution in [1.29, 1.82) is 0 Å². The molecule has 4 heteroatoms. The number of aliphatic hydroxyl groups is 1. The Bertz CT molecular complexity index is 224. The molecule has 1 atom stereocenters. The number of hydrogen-bond acceptors (Lipinski definition) is 3. The molecule has 0 spiro atoms. The van der Waals surface area contributed by atoms with Gasteiger partial charge in [-0.15, -0.1) is 0 Å². The molecule has 88 valence electrons. The van der Waals surface area contributed by atoms with Gasteiger partial charge in [0, 0.05) is 18.7 Å². The molecule has 0 saturated heterocycles. The third-order valence-corrected chi connectivity index (χ3v) is 2.02. The van der Waals surface area contributed by atoms with Crippen LogP contribution in [0.4, 0.5) is 0 Å². The number of aliphatic hydroxyl groups excluding tert-OH is 1. The van der Waals surface area contributed by atoms with E-state index in [2.05, 4.69) is 19.2 Å². The summed E-state index contributed by atoms with van der Waals surface area (Å²) in [6.07, 6.45) is 2.06. The summed E-state index contributed by atoms with van der Waals surface area (Å²) >= 11 is 0. The maximum Gasteiger partial charge on any atom is 0.328 e. The molecule has 0 amide bonds. The second kappa shape index (κ2) is 7.43. The minimum Gasteiger partial charge on any atom is -0.478 e. The van der Waals surface area contributed by atoms with Gasteiger partial charge in [0.15, 0.2) is 0 Å². The molecule has 0 fully saturated rings. The molecule has 0 aromatic heterocycles. The van der Waals surface area contributed by atoms with Crippen LogP contribution in [0.5, 0.6) is 0 Å². The molecule has 0 aromatic rings. The highest BCUT2D eigenvalue weighted by molar-refractivity contribution is 5.80. The second-order valence-electron chi connectivity index (χ2n) is 4.22. The first-order valence-electron chi connectivity index (χ1n) is 5.20. The van der Waals surface area contributed by atoms with Crippen molar-refractivity contribution in [3.05, 3.63) is 11.6 Å². The summed E-state index contributed by atoms with van der Waals surface area (Å²) in [6, 6.07) is 0.0437. The zero-order valence-electron chi connectivity index (χ0n) is 9.66. The lowest BCUT2D eigenvalue weighted by Crippen LogP contribution is -2.34. The van der Waals surface area contributed by atoms with Gasteiger partial charge in [0.2, 0.25) is 0 Å². The van der Waals surface area contributed by atoms with Gasteiger partial charge >= 0.3 is 5.97 Å². The molecular weight excluding hydrogens is 194 g/mol. The topological polar surface area (TPSA) is 69.6 Å². The first-order valence-corrected chi connectivity index (χ1v) is 5.20. The van der Waals surface area contributed by atoms with E-state index in [1.807, 2.05) is 0 Å². The van der Waals surface area contributed by atoms with Crippen molar-refractivity contribution in [1.82, 2.24) is 5.32 Å². The molecule has 0 rings (SSSR count). The first-order chi connectivity index (χ1) is 6.95. The number of aliphatic carboxylic acids is 1. The predicted molar refractivity (Wildman–Crippen MR) is 59.7 cm³/mol. The van der Waals surface area contributed by atoms with Crippen LogP contribution in [0.15, 0.2) is 11.6 Å². The molecule has 0 aliphatic heterocycles. The summed E-state index contributed by atoms with van der Waals surface area (Å²) < 4.78 is 0. The quantitative estimate of drug-likeness (QED) is 0.554. The highest BCUT2D eigenvalue weighted by atomic mass is 16.4. The molecule has 15 heavy (non-hydrogen) atoms.